The fourth-order valence-electron chi connectivity index (χ4n) is 2.70. The van der Waals surface area contributed by atoms with Gasteiger partial charge in [-0.2, -0.15) is 0 Å². The van der Waals surface area contributed by atoms with Gasteiger partial charge in [0.25, 0.3) is 0 Å². The summed E-state index contributed by atoms with van der Waals surface area (Å²) in [5.41, 5.74) is 0.937. The molecule has 1 heterocycles. The van der Waals surface area contributed by atoms with Gasteiger partial charge in [-0.05, 0) is 44.4 Å². The number of rotatable bonds is 4. The van der Waals surface area contributed by atoms with Gasteiger partial charge in [0.05, 0.1) is 12.2 Å². The highest BCUT2D eigenvalue weighted by atomic mass is 16.3. The molecule has 2 N–H and O–H groups in total. The number of hydrogen-bond donors (Lipinski definition) is 2. The van der Waals surface area contributed by atoms with Crippen LogP contribution in [0.1, 0.15) is 42.1 Å². The molecule has 0 saturated carbocycles. The van der Waals surface area contributed by atoms with Crippen LogP contribution in [-0.2, 0) is 6.54 Å². The number of hydrogen-bond acceptors (Lipinski definition) is 4. The lowest BCUT2D eigenvalue weighted by Gasteiger charge is -2.24. The Kier molecular flexibility index (Phi) is 4.91. The molecule has 4 heteroatoms. The Morgan fingerprint density at radius 2 is 2.15 bits per heavy atom. The van der Waals surface area contributed by atoms with Crippen molar-refractivity contribution in [3.05, 3.63) is 35.4 Å². The molecule has 0 spiro atoms. The Morgan fingerprint density at radius 3 is 2.85 bits per heavy atom. The van der Waals surface area contributed by atoms with Crippen LogP contribution >= 0.6 is 0 Å². The van der Waals surface area contributed by atoms with Crippen molar-refractivity contribution >= 4 is 5.78 Å². The van der Waals surface area contributed by atoms with Crippen LogP contribution in [0, 0.1) is 0 Å². The summed E-state index contributed by atoms with van der Waals surface area (Å²) in [7, 11) is 0. The van der Waals surface area contributed by atoms with Crippen LogP contribution in [0.25, 0.3) is 0 Å². The van der Waals surface area contributed by atoms with Crippen molar-refractivity contribution in [1.29, 1.82) is 0 Å². The number of ketones is 1. The van der Waals surface area contributed by atoms with Crippen LogP contribution < -0.4 is 0 Å². The second-order valence-electron chi connectivity index (χ2n) is 5.77. The van der Waals surface area contributed by atoms with Crippen molar-refractivity contribution in [2.45, 2.75) is 38.3 Å². The molecule has 2 rings (SSSR count). The normalized spacial score (nSPS) is 24.4. The molecule has 110 valence electrons. The SMILES string of the molecule is CC(=O)c1cccc(CN2CCC[C@](O)(CO)CC2)c1. The van der Waals surface area contributed by atoms with E-state index in [1.165, 1.54) is 0 Å². The Balaban J connectivity index is 2.00. The number of aliphatic hydroxyl groups excluding tert-OH is 1. The minimum Gasteiger partial charge on any atom is -0.393 e. The highest BCUT2D eigenvalue weighted by Crippen LogP contribution is 2.22. The number of carbonyl (C=O) groups excluding carboxylic acids is 1. The topological polar surface area (TPSA) is 60.8 Å². The zero-order valence-corrected chi connectivity index (χ0v) is 12.0. The van der Waals surface area contributed by atoms with E-state index in [0.29, 0.717) is 12.8 Å². The van der Waals surface area contributed by atoms with Gasteiger partial charge < -0.3 is 10.2 Å². The lowest BCUT2D eigenvalue weighted by atomic mass is 9.96. The van der Waals surface area contributed by atoms with Crippen LogP contribution in [-0.4, -0.2) is 46.2 Å². The number of likely N-dealkylation sites (tertiary alicyclic amines) is 1. The highest BCUT2D eigenvalue weighted by Gasteiger charge is 2.29. The molecule has 4 nitrogen and oxygen atoms in total. The lowest BCUT2D eigenvalue weighted by Crippen LogP contribution is -2.34. The maximum atomic E-state index is 11.4. The molecule has 1 saturated heterocycles. The first kappa shape index (κ1) is 15.2. The molecule has 1 aliphatic heterocycles. The van der Waals surface area contributed by atoms with Gasteiger partial charge in [0.1, 0.15) is 0 Å². The Hall–Kier alpha value is -1.23. The Labute approximate surface area is 120 Å². The van der Waals surface area contributed by atoms with Crippen LogP contribution in [0.3, 0.4) is 0 Å². The second-order valence-corrected chi connectivity index (χ2v) is 5.77. The van der Waals surface area contributed by atoms with Gasteiger partial charge >= 0.3 is 0 Å². The second kappa shape index (κ2) is 6.48. The average Bonchev–Trinajstić information content (AvgIpc) is 2.62. The summed E-state index contributed by atoms with van der Waals surface area (Å²) in [4.78, 5) is 13.7. The van der Waals surface area contributed by atoms with Gasteiger partial charge in [-0.25, -0.2) is 0 Å². The molecule has 0 aliphatic carbocycles. The van der Waals surface area contributed by atoms with E-state index in [2.05, 4.69) is 4.90 Å². The molecule has 1 aromatic carbocycles. The summed E-state index contributed by atoms with van der Waals surface area (Å²) in [6, 6.07) is 7.70. The third-order valence-electron chi connectivity index (χ3n) is 4.04. The summed E-state index contributed by atoms with van der Waals surface area (Å²) in [6.45, 7) is 3.86. The molecule has 1 aliphatic rings. The van der Waals surface area contributed by atoms with E-state index in [1.807, 2.05) is 24.3 Å². The minimum absolute atomic E-state index is 0.0809. The lowest BCUT2D eigenvalue weighted by molar-refractivity contribution is -0.0255. The van der Waals surface area contributed by atoms with Gasteiger partial charge in [-0.1, -0.05) is 18.2 Å². The van der Waals surface area contributed by atoms with E-state index in [9.17, 15) is 15.0 Å². The van der Waals surface area contributed by atoms with E-state index in [-0.39, 0.29) is 12.4 Å². The first-order valence-corrected chi connectivity index (χ1v) is 7.18. The minimum atomic E-state index is -0.921. The molecule has 0 unspecified atom stereocenters. The molecule has 1 aromatic rings. The van der Waals surface area contributed by atoms with Crippen molar-refractivity contribution in [3.63, 3.8) is 0 Å². The molecule has 0 radical (unpaired) electrons. The predicted octanol–water partition coefficient (Wildman–Crippen LogP) is 1.60. The van der Waals surface area contributed by atoms with Crippen molar-refractivity contribution in [2.24, 2.45) is 0 Å². The number of benzene rings is 1. The monoisotopic (exact) mass is 277 g/mol. The summed E-state index contributed by atoms with van der Waals surface area (Å²) >= 11 is 0. The number of aliphatic hydroxyl groups is 2. The van der Waals surface area contributed by atoms with Crippen molar-refractivity contribution in [2.75, 3.05) is 19.7 Å². The molecule has 0 bridgehead atoms. The number of Topliss-reactive ketones (excluding diaryl/α,β-unsaturated/α-hetero) is 1. The third-order valence-corrected chi connectivity index (χ3v) is 4.04. The van der Waals surface area contributed by atoms with Gasteiger partial charge in [-0.3, -0.25) is 9.69 Å². The summed E-state index contributed by atoms with van der Waals surface area (Å²) in [5.74, 6) is 0.0809. The quantitative estimate of drug-likeness (QED) is 0.821. The number of nitrogens with zero attached hydrogens (tertiary/aromatic N) is 1. The summed E-state index contributed by atoms with van der Waals surface area (Å²) in [5, 5.41) is 19.4. The van der Waals surface area contributed by atoms with Crippen molar-refractivity contribution < 1.29 is 15.0 Å². The highest BCUT2D eigenvalue weighted by molar-refractivity contribution is 5.94. The molecule has 1 fully saturated rings. The molecule has 1 atom stereocenters. The molecule has 0 amide bonds. The van der Waals surface area contributed by atoms with Crippen LogP contribution in [0.4, 0.5) is 0 Å². The van der Waals surface area contributed by atoms with E-state index in [4.69, 9.17) is 0 Å². The van der Waals surface area contributed by atoms with Crippen LogP contribution in [0.15, 0.2) is 24.3 Å². The fraction of sp³-hybridized carbons (Fsp3) is 0.562. The zero-order chi connectivity index (χ0) is 14.6. The first-order valence-electron chi connectivity index (χ1n) is 7.18. The van der Waals surface area contributed by atoms with E-state index < -0.39 is 5.60 Å². The van der Waals surface area contributed by atoms with E-state index in [0.717, 1.165) is 37.2 Å². The van der Waals surface area contributed by atoms with Gasteiger partial charge in [0.2, 0.25) is 0 Å². The smallest absolute Gasteiger partial charge is 0.159 e. The molecule has 20 heavy (non-hydrogen) atoms. The molecular weight excluding hydrogens is 254 g/mol. The van der Waals surface area contributed by atoms with Crippen molar-refractivity contribution in [3.8, 4) is 0 Å². The van der Waals surface area contributed by atoms with Crippen molar-refractivity contribution in [1.82, 2.24) is 4.90 Å². The Bertz CT molecular complexity index is 475. The van der Waals surface area contributed by atoms with E-state index >= 15 is 0 Å². The maximum absolute atomic E-state index is 11.4. The Morgan fingerprint density at radius 1 is 1.35 bits per heavy atom. The predicted molar refractivity (Wildman–Crippen MR) is 77.6 cm³/mol. The largest absolute Gasteiger partial charge is 0.393 e. The van der Waals surface area contributed by atoms with Gasteiger partial charge in [0.15, 0.2) is 5.78 Å². The first-order chi connectivity index (χ1) is 9.52. The fourth-order valence-corrected chi connectivity index (χ4v) is 2.70. The average molecular weight is 277 g/mol. The van der Waals surface area contributed by atoms with Gasteiger partial charge in [0, 0.05) is 18.7 Å². The number of carbonyl (C=O) groups is 1. The molecular formula is C16H23NO3. The van der Waals surface area contributed by atoms with Gasteiger partial charge in [-0.15, -0.1) is 0 Å². The van der Waals surface area contributed by atoms with Crippen LogP contribution in [0.5, 0.6) is 0 Å². The third kappa shape index (κ3) is 3.88. The molecule has 0 aromatic heterocycles. The van der Waals surface area contributed by atoms with Crippen LogP contribution in [0.2, 0.25) is 0 Å². The maximum Gasteiger partial charge on any atom is 0.159 e. The zero-order valence-electron chi connectivity index (χ0n) is 12.0. The summed E-state index contributed by atoms with van der Waals surface area (Å²) in [6.07, 6.45) is 2.12. The van der Waals surface area contributed by atoms with E-state index in [1.54, 1.807) is 6.92 Å². The standard InChI is InChI=1S/C16H23NO3/c1-13(19)15-5-2-4-14(10-15)11-17-8-3-6-16(20,12-18)7-9-17/h2,4-5,10,18,20H,3,6-9,11-12H2,1H3/t16-/m1/s1. The summed E-state index contributed by atoms with van der Waals surface area (Å²) < 4.78 is 0.